The van der Waals surface area contributed by atoms with E-state index in [0.717, 1.165) is 36.7 Å². The molecule has 20 heavy (non-hydrogen) atoms. The summed E-state index contributed by atoms with van der Waals surface area (Å²) < 4.78 is 19.0. The van der Waals surface area contributed by atoms with Gasteiger partial charge in [-0.25, -0.2) is 4.39 Å². The van der Waals surface area contributed by atoms with E-state index in [2.05, 4.69) is 17.3 Å². The van der Waals surface area contributed by atoms with Crippen LogP contribution in [0.15, 0.2) is 18.2 Å². The van der Waals surface area contributed by atoms with E-state index in [1.807, 2.05) is 0 Å². The normalized spacial score (nSPS) is 23.6. The third-order valence-corrected chi connectivity index (χ3v) is 4.41. The van der Waals surface area contributed by atoms with Crippen molar-refractivity contribution < 1.29 is 9.13 Å². The molecule has 1 aromatic carbocycles. The Hall–Kier alpha value is -1.13. The molecule has 0 aliphatic carbocycles. The summed E-state index contributed by atoms with van der Waals surface area (Å²) >= 11 is 0. The zero-order valence-corrected chi connectivity index (χ0v) is 12.1. The summed E-state index contributed by atoms with van der Waals surface area (Å²) in [5, 5.41) is 3.52. The van der Waals surface area contributed by atoms with Crippen molar-refractivity contribution in [3.8, 4) is 5.75 Å². The van der Waals surface area contributed by atoms with Gasteiger partial charge in [0.2, 0.25) is 0 Å². The van der Waals surface area contributed by atoms with Gasteiger partial charge in [0.15, 0.2) is 0 Å². The third-order valence-electron chi connectivity index (χ3n) is 4.41. The van der Waals surface area contributed by atoms with E-state index in [1.54, 1.807) is 12.1 Å². The van der Waals surface area contributed by atoms with E-state index in [4.69, 9.17) is 4.74 Å². The molecular weight excluding hydrogens is 255 g/mol. The Bertz CT molecular complexity index is 458. The van der Waals surface area contributed by atoms with Gasteiger partial charge in [0.1, 0.15) is 17.7 Å². The molecule has 3 nitrogen and oxygen atoms in total. The van der Waals surface area contributed by atoms with Gasteiger partial charge in [-0.3, -0.25) is 0 Å². The van der Waals surface area contributed by atoms with Crippen molar-refractivity contribution in [1.82, 2.24) is 10.2 Å². The maximum absolute atomic E-state index is 13.1. The largest absolute Gasteiger partial charge is 0.488 e. The second-order valence-corrected chi connectivity index (χ2v) is 6.10. The fourth-order valence-electron chi connectivity index (χ4n) is 3.12. The molecule has 2 aliphatic heterocycles. The Labute approximate surface area is 120 Å². The van der Waals surface area contributed by atoms with E-state index in [0.29, 0.717) is 0 Å². The molecule has 1 atom stereocenters. The predicted molar refractivity (Wildman–Crippen MR) is 77.6 cm³/mol. The summed E-state index contributed by atoms with van der Waals surface area (Å²) in [7, 11) is 2.19. The van der Waals surface area contributed by atoms with Crippen LogP contribution in [-0.4, -0.2) is 44.2 Å². The molecule has 2 heterocycles. The van der Waals surface area contributed by atoms with Crippen LogP contribution in [-0.2, 0) is 6.42 Å². The van der Waals surface area contributed by atoms with Crippen LogP contribution >= 0.6 is 0 Å². The van der Waals surface area contributed by atoms with E-state index >= 15 is 0 Å². The number of likely N-dealkylation sites (tertiary alicyclic amines) is 1. The minimum atomic E-state index is -0.174. The average Bonchev–Trinajstić information content (AvgIpc) is 2.83. The third kappa shape index (κ3) is 3.30. The highest BCUT2D eigenvalue weighted by molar-refractivity contribution is 5.37. The number of nitrogens with one attached hydrogen (secondary N) is 1. The molecule has 0 spiro atoms. The minimum Gasteiger partial charge on any atom is -0.488 e. The molecular formula is C16H23FN2O. The van der Waals surface area contributed by atoms with Gasteiger partial charge in [0.05, 0.1) is 0 Å². The van der Waals surface area contributed by atoms with E-state index in [1.165, 1.54) is 32.0 Å². The van der Waals surface area contributed by atoms with Crippen molar-refractivity contribution in [2.45, 2.75) is 25.4 Å². The van der Waals surface area contributed by atoms with Crippen LogP contribution in [0, 0.1) is 11.7 Å². The van der Waals surface area contributed by atoms with Crippen molar-refractivity contribution in [2.24, 2.45) is 5.92 Å². The van der Waals surface area contributed by atoms with Crippen LogP contribution in [0.4, 0.5) is 4.39 Å². The van der Waals surface area contributed by atoms with E-state index in [9.17, 15) is 4.39 Å². The van der Waals surface area contributed by atoms with Crippen molar-refractivity contribution in [3.63, 3.8) is 0 Å². The number of ether oxygens (including phenoxy) is 1. The molecule has 0 saturated carbocycles. The molecule has 3 rings (SSSR count). The van der Waals surface area contributed by atoms with Crippen molar-refractivity contribution in [3.05, 3.63) is 29.6 Å². The molecule has 1 N–H and O–H groups in total. The smallest absolute Gasteiger partial charge is 0.123 e. The fourth-order valence-corrected chi connectivity index (χ4v) is 3.12. The topological polar surface area (TPSA) is 24.5 Å². The molecule has 0 radical (unpaired) electrons. The van der Waals surface area contributed by atoms with Gasteiger partial charge in [0, 0.05) is 18.5 Å². The number of hydrogen-bond donors (Lipinski definition) is 1. The summed E-state index contributed by atoms with van der Waals surface area (Å²) in [6, 6.07) is 4.79. The molecule has 1 saturated heterocycles. The monoisotopic (exact) mass is 278 g/mol. The molecule has 110 valence electrons. The van der Waals surface area contributed by atoms with Crippen LogP contribution in [0.25, 0.3) is 0 Å². The van der Waals surface area contributed by atoms with E-state index < -0.39 is 0 Å². The highest BCUT2D eigenvalue weighted by Crippen LogP contribution is 2.29. The number of fused-ring (bicyclic) bond motifs is 1. The Morgan fingerprint density at radius 3 is 2.90 bits per heavy atom. The highest BCUT2D eigenvalue weighted by atomic mass is 19.1. The van der Waals surface area contributed by atoms with Gasteiger partial charge >= 0.3 is 0 Å². The summed E-state index contributed by atoms with van der Waals surface area (Å²) in [5.74, 6) is 1.46. The van der Waals surface area contributed by atoms with Crippen LogP contribution in [0.3, 0.4) is 0 Å². The SMILES string of the molecule is CN1CCC(CNCC2Cc3cc(F)ccc3O2)CC1. The van der Waals surface area contributed by atoms with Gasteiger partial charge in [-0.1, -0.05) is 0 Å². The summed E-state index contributed by atoms with van der Waals surface area (Å²) in [6.07, 6.45) is 3.52. The lowest BCUT2D eigenvalue weighted by molar-refractivity contribution is 0.199. The molecule has 1 fully saturated rings. The Morgan fingerprint density at radius 1 is 1.30 bits per heavy atom. The zero-order chi connectivity index (χ0) is 13.9. The van der Waals surface area contributed by atoms with Crippen molar-refractivity contribution in [2.75, 3.05) is 33.2 Å². The predicted octanol–water partition coefficient (Wildman–Crippen LogP) is 2.06. The molecule has 0 bridgehead atoms. The second kappa shape index (κ2) is 6.10. The number of nitrogens with zero attached hydrogens (tertiary/aromatic N) is 1. The standard InChI is InChI=1S/C16H23FN2O/c1-19-6-4-12(5-7-19)10-18-11-15-9-13-8-14(17)2-3-16(13)20-15/h2-3,8,12,15,18H,4-7,9-11H2,1H3. The number of rotatable bonds is 4. The Balaban J connectivity index is 1.40. The van der Waals surface area contributed by atoms with E-state index in [-0.39, 0.29) is 11.9 Å². The Kier molecular flexibility index (Phi) is 4.22. The first-order chi connectivity index (χ1) is 9.70. The highest BCUT2D eigenvalue weighted by Gasteiger charge is 2.23. The van der Waals surface area contributed by atoms with Gasteiger partial charge in [0.25, 0.3) is 0 Å². The average molecular weight is 278 g/mol. The molecule has 4 heteroatoms. The number of halogens is 1. The van der Waals surface area contributed by atoms with Gasteiger partial charge in [-0.05, 0) is 63.6 Å². The van der Waals surface area contributed by atoms with Crippen LogP contribution in [0.2, 0.25) is 0 Å². The molecule has 2 aliphatic rings. The lowest BCUT2D eigenvalue weighted by atomic mass is 9.97. The van der Waals surface area contributed by atoms with Crippen molar-refractivity contribution in [1.29, 1.82) is 0 Å². The van der Waals surface area contributed by atoms with Crippen molar-refractivity contribution >= 4 is 0 Å². The molecule has 0 amide bonds. The van der Waals surface area contributed by atoms with Crippen LogP contribution in [0.1, 0.15) is 18.4 Å². The second-order valence-electron chi connectivity index (χ2n) is 6.10. The number of benzene rings is 1. The summed E-state index contributed by atoms with van der Waals surface area (Å²) in [4.78, 5) is 2.39. The number of hydrogen-bond acceptors (Lipinski definition) is 3. The molecule has 0 aromatic heterocycles. The summed E-state index contributed by atoms with van der Waals surface area (Å²) in [6.45, 7) is 4.33. The number of piperidine rings is 1. The maximum atomic E-state index is 13.1. The lowest BCUT2D eigenvalue weighted by Gasteiger charge is -2.29. The first-order valence-corrected chi connectivity index (χ1v) is 7.55. The van der Waals surface area contributed by atoms with Gasteiger partial charge in [-0.15, -0.1) is 0 Å². The van der Waals surface area contributed by atoms with Gasteiger partial charge in [-0.2, -0.15) is 0 Å². The first kappa shape index (κ1) is 13.8. The fraction of sp³-hybridized carbons (Fsp3) is 0.625. The minimum absolute atomic E-state index is 0.151. The molecule has 1 unspecified atom stereocenters. The van der Waals surface area contributed by atoms with Gasteiger partial charge < -0.3 is 15.0 Å². The first-order valence-electron chi connectivity index (χ1n) is 7.55. The van der Waals surface area contributed by atoms with Crippen LogP contribution < -0.4 is 10.1 Å². The molecule has 1 aromatic rings. The summed E-state index contributed by atoms with van der Waals surface area (Å²) in [5.41, 5.74) is 0.996. The quantitative estimate of drug-likeness (QED) is 0.912. The Morgan fingerprint density at radius 2 is 2.10 bits per heavy atom. The zero-order valence-electron chi connectivity index (χ0n) is 12.1. The maximum Gasteiger partial charge on any atom is 0.123 e. The van der Waals surface area contributed by atoms with Crippen LogP contribution in [0.5, 0.6) is 5.75 Å². The lowest BCUT2D eigenvalue weighted by Crippen LogP contribution is -2.38.